The summed E-state index contributed by atoms with van der Waals surface area (Å²) in [5.74, 6) is -0.982. The Morgan fingerprint density at radius 1 is 0.674 bits per heavy atom. The maximum atomic E-state index is 12.3. The summed E-state index contributed by atoms with van der Waals surface area (Å²) in [6.07, 6.45) is 33.1. The maximum Gasteiger partial charge on any atom is 0.469 e. The Labute approximate surface area is 278 Å². The van der Waals surface area contributed by atoms with Crippen molar-refractivity contribution in [2.75, 3.05) is 13.2 Å². The van der Waals surface area contributed by atoms with Gasteiger partial charge in [0.25, 0.3) is 0 Å². The van der Waals surface area contributed by atoms with Gasteiger partial charge in [0.1, 0.15) is 6.61 Å². The second kappa shape index (κ2) is 31.6. The molecule has 0 aromatic heterocycles. The maximum absolute atomic E-state index is 12.3. The summed E-state index contributed by atoms with van der Waals surface area (Å²) in [6, 6.07) is 0. The number of phosphoric acid groups is 1. The summed E-state index contributed by atoms with van der Waals surface area (Å²) < 4.78 is 26.1. The molecule has 0 amide bonds. The van der Waals surface area contributed by atoms with Crippen molar-refractivity contribution in [3.63, 3.8) is 0 Å². The van der Waals surface area contributed by atoms with Crippen molar-refractivity contribution in [1.29, 1.82) is 0 Å². The Hall–Kier alpha value is -2.03. The van der Waals surface area contributed by atoms with Crippen LogP contribution in [0.4, 0.5) is 0 Å². The molecule has 0 aromatic rings. The average molecular weight is 671 g/mol. The minimum absolute atomic E-state index is 0.116. The van der Waals surface area contributed by atoms with Crippen LogP contribution in [0.2, 0.25) is 0 Å². The zero-order valence-corrected chi connectivity index (χ0v) is 29.5. The molecule has 0 unspecified atom stereocenters. The summed E-state index contributed by atoms with van der Waals surface area (Å²) in [6.45, 7) is 3.47. The number of phosphoric ester groups is 1. The van der Waals surface area contributed by atoms with Crippen LogP contribution in [0.3, 0.4) is 0 Å². The number of aliphatic hydroxyl groups is 1. The van der Waals surface area contributed by atoms with E-state index >= 15 is 0 Å². The van der Waals surface area contributed by atoms with Crippen LogP contribution in [0.25, 0.3) is 0 Å². The zero-order chi connectivity index (χ0) is 34.1. The van der Waals surface area contributed by atoms with E-state index in [2.05, 4.69) is 30.5 Å². The lowest BCUT2D eigenvalue weighted by Gasteiger charge is -2.18. The number of ether oxygens (including phenoxy) is 2. The molecule has 0 rings (SSSR count). The average Bonchev–Trinajstić information content (AvgIpc) is 3.01. The fraction of sp³-hybridized carbons (Fsp3) is 0.722. The number of aliphatic hydroxyl groups excluding tert-OH is 1. The van der Waals surface area contributed by atoms with Gasteiger partial charge in [-0.15, -0.1) is 0 Å². The summed E-state index contributed by atoms with van der Waals surface area (Å²) in [4.78, 5) is 42.5. The molecule has 9 nitrogen and oxygen atoms in total. The molecule has 0 spiro atoms. The van der Waals surface area contributed by atoms with Crippen LogP contribution in [-0.4, -0.2) is 52.3 Å². The van der Waals surface area contributed by atoms with E-state index < -0.39 is 32.5 Å². The van der Waals surface area contributed by atoms with Gasteiger partial charge >= 0.3 is 19.8 Å². The molecule has 0 aliphatic rings. The second-order valence-electron chi connectivity index (χ2n) is 11.7. The van der Waals surface area contributed by atoms with Gasteiger partial charge < -0.3 is 24.4 Å². The van der Waals surface area contributed by atoms with E-state index in [1.54, 1.807) is 0 Å². The summed E-state index contributed by atoms with van der Waals surface area (Å²) in [5.41, 5.74) is 0. The molecule has 0 saturated heterocycles. The SMILES string of the molecule is CCCCCCCCCCCCC(=O)OC[C@H](COP(=O)(O)O)OC(=O)CCC/C=C\C/C=C\C/C=C\C=C\[C@@H](O)CCCCC. The second-order valence-corrected chi connectivity index (χ2v) is 12.9. The van der Waals surface area contributed by atoms with E-state index in [1.165, 1.54) is 38.5 Å². The number of hydrogen-bond acceptors (Lipinski definition) is 7. The Kier molecular flexibility index (Phi) is 30.2. The number of carbonyl (C=O) groups is 2. The van der Waals surface area contributed by atoms with Crippen molar-refractivity contribution >= 4 is 19.8 Å². The van der Waals surface area contributed by atoms with E-state index in [4.69, 9.17) is 19.3 Å². The van der Waals surface area contributed by atoms with Gasteiger partial charge in [0.15, 0.2) is 6.10 Å². The first-order valence-electron chi connectivity index (χ1n) is 17.5. The van der Waals surface area contributed by atoms with Crippen LogP contribution in [0.1, 0.15) is 142 Å². The monoisotopic (exact) mass is 670 g/mol. The molecular formula is C36H63O9P. The van der Waals surface area contributed by atoms with Gasteiger partial charge in [0, 0.05) is 12.8 Å². The first-order valence-corrected chi connectivity index (χ1v) is 19.1. The van der Waals surface area contributed by atoms with Crippen molar-refractivity contribution in [2.45, 2.75) is 154 Å². The largest absolute Gasteiger partial charge is 0.469 e. The van der Waals surface area contributed by atoms with Gasteiger partial charge in [0.05, 0.1) is 12.7 Å². The van der Waals surface area contributed by atoms with Crippen molar-refractivity contribution in [2.24, 2.45) is 0 Å². The Morgan fingerprint density at radius 2 is 1.24 bits per heavy atom. The third-order valence-electron chi connectivity index (χ3n) is 7.20. The molecule has 46 heavy (non-hydrogen) atoms. The van der Waals surface area contributed by atoms with E-state index in [1.807, 2.05) is 36.5 Å². The topological polar surface area (TPSA) is 140 Å². The molecule has 3 N–H and O–H groups in total. The predicted octanol–water partition coefficient (Wildman–Crippen LogP) is 8.98. The van der Waals surface area contributed by atoms with Crippen molar-refractivity contribution in [1.82, 2.24) is 0 Å². The van der Waals surface area contributed by atoms with Crippen molar-refractivity contribution in [3.05, 3.63) is 48.6 Å². The highest BCUT2D eigenvalue weighted by molar-refractivity contribution is 7.46. The van der Waals surface area contributed by atoms with Gasteiger partial charge in [0.2, 0.25) is 0 Å². The lowest BCUT2D eigenvalue weighted by atomic mass is 10.1. The highest BCUT2D eigenvalue weighted by Crippen LogP contribution is 2.35. The summed E-state index contributed by atoms with van der Waals surface area (Å²) in [5, 5.41) is 9.85. The quantitative estimate of drug-likeness (QED) is 0.0217. The highest BCUT2D eigenvalue weighted by atomic mass is 31.2. The Balaban J connectivity index is 4.17. The van der Waals surface area contributed by atoms with Crippen LogP contribution in [0.5, 0.6) is 0 Å². The Morgan fingerprint density at radius 3 is 1.89 bits per heavy atom. The molecule has 266 valence electrons. The molecule has 0 aromatic carbocycles. The standard InChI is InChI=1S/C36H63O9P/c1-3-5-7-8-9-10-15-18-21-25-29-35(38)43-31-34(32-44-46(40,41)42)45-36(39)30-26-22-19-16-13-11-12-14-17-20-24-28-33(37)27-23-6-4-2/h11-12,16-17,19-20,24,28,33-34,37H,3-10,13-15,18,21-23,25-27,29-32H2,1-2H3,(H2,40,41,42)/b12-11-,19-16-,20-17-,28-24+/t33-,34+/m0/s1. The fourth-order valence-electron chi connectivity index (χ4n) is 4.53. The third-order valence-corrected chi connectivity index (χ3v) is 7.69. The lowest BCUT2D eigenvalue weighted by Crippen LogP contribution is -2.29. The number of hydrogen-bond donors (Lipinski definition) is 3. The van der Waals surface area contributed by atoms with E-state index in [0.717, 1.165) is 57.8 Å². The van der Waals surface area contributed by atoms with Gasteiger partial charge in [-0.05, 0) is 38.5 Å². The van der Waals surface area contributed by atoms with E-state index in [9.17, 15) is 19.3 Å². The van der Waals surface area contributed by atoms with Gasteiger partial charge in [-0.1, -0.05) is 140 Å². The third kappa shape index (κ3) is 33.3. The smallest absolute Gasteiger partial charge is 0.462 e. The Bertz CT molecular complexity index is 907. The number of unbranched alkanes of at least 4 members (excludes halogenated alkanes) is 12. The van der Waals surface area contributed by atoms with E-state index in [0.29, 0.717) is 19.3 Å². The number of rotatable bonds is 31. The molecular weight excluding hydrogens is 607 g/mol. The minimum Gasteiger partial charge on any atom is -0.462 e. The molecule has 0 fully saturated rings. The number of allylic oxidation sites excluding steroid dienone is 7. The fourth-order valence-corrected chi connectivity index (χ4v) is 4.89. The number of carbonyl (C=O) groups excluding carboxylic acids is 2. The molecule has 0 heterocycles. The van der Waals surface area contributed by atoms with Crippen LogP contribution < -0.4 is 0 Å². The molecule has 2 atom stereocenters. The lowest BCUT2D eigenvalue weighted by molar-refractivity contribution is -0.161. The van der Waals surface area contributed by atoms with E-state index in [-0.39, 0.29) is 25.6 Å². The molecule has 0 radical (unpaired) electrons. The summed E-state index contributed by atoms with van der Waals surface area (Å²) in [7, 11) is -4.77. The van der Waals surface area contributed by atoms with Crippen LogP contribution in [0, 0.1) is 0 Å². The van der Waals surface area contributed by atoms with Crippen molar-refractivity contribution in [3.8, 4) is 0 Å². The van der Waals surface area contributed by atoms with Crippen molar-refractivity contribution < 1.29 is 43.0 Å². The van der Waals surface area contributed by atoms with Crippen LogP contribution in [0.15, 0.2) is 48.6 Å². The first-order chi connectivity index (χ1) is 22.2. The van der Waals surface area contributed by atoms with Crippen LogP contribution in [-0.2, 0) is 28.2 Å². The highest BCUT2D eigenvalue weighted by Gasteiger charge is 2.22. The molecule has 10 heteroatoms. The zero-order valence-electron chi connectivity index (χ0n) is 28.6. The molecule has 0 saturated carbocycles. The number of esters is 2. The van der Waals surface area contributed by atoms with Gasteiger partial charge in [-0.2, -0.15) is 0 Å². The van der Waals surface area contributed by atoms with Gasteiger partial charge in [-0.3, -0.25) is 14.1 Å². The normalized spacial score (nSPS) is 13.8. The summed E-state index contributed by atoms with van der Waals surface area (Å²) >= 11 is 0. The molecule has 0 aliphatic carbocycles. The first kappa shape index (κ1) is 44.0. The van der Waals surface area contributed by atoms with Gasteiger partial charge in [-0.25, -0.2) is 4.57 Å². The molecule has 0 aliphatic heterocycles. The molecule has 0 bridgehead atoms. The predicted molar refractivity (Wildman–Crippen MR) is 185 cm³/mol. The van der Waals surface area contributed by atoms with Crippen LogP contribution >= 0.6 is 7.82 Å². The minimum atomic E-state index is -4.77.